The summed E-state index contributed by atoms with van der Waals surface area (Å²) in [7, 11) is 0. The molecule has 0 bridgehead atoms. The highest BCUT2D eigenvalue weighted by Gasteiger charge is 2.22. The average Bonchev–Trinajstić information content (AvgIpc) is 3.65. The molecule has 1 heterocycles. The van der Waals surface area contributed by atoms with Crippen LogP contribution >= 0.6 is 0 Å². The summed E-state index contributed by atoms with van der Waals surface area (Å²) in [4.78, 5) is 4.74. The van der Waals surface area contributed by atoms with Crippen LogP contribution in [0.4, 0.5) is 34.1 Å². The summed E-state index contributed by atoms with van der Waals surface area (Å²) >= 11 is 0. The van der Waals surface area contributed by atoms with Crippen molar-refractivity contribution in [3.8, 4) is 0 Å². The Morgan fingerprint density at radius 2 is 0.836 bits per heavy atom. The first-order valence-corrected chi connectivity index (χ1v) is 18.8. The molecule has 3 nitrogen and oxygen atoms in total. The van der Waals surface area contributed by atoms with Gasteiger partial charge in [-0.2, -0.15) is 0 Å². The van der Waals surface area contributed by atoms with Crippen LogP contribution < -0.4 is 9.80 Å². The number of furan rings is 1. The van der Waals surface area contributed by atoms with Crippen LogP contribution in [0.25, 0.3) is 65.0 Å². The van der Waals surface area contributed by atoms with Gasteiger partial charge in [-0.15, -0.1) is 0 Å². The topological polar surface area (TPSA) is 19.6 Å². The zero-order chi connectivity index (χ0) is 36.3. The number of anilines is 6. The Balaban J connectivity index is 1.20. The minimum Gasteiger partial charge on any atom is -0.455 e. The summed E-state index contributed by atoms with van der Waals surface area (Å²) in [5.41, 5.74) is 8.27. The zero-order valence-electron chi connectivity index (χ0n) is 29.9. The molecule has 3 heteroatoms. The molecule has 0 saturated carbocycles. The Labute approximate surface area is 318 Å². The van der Waals surface area contributed by atoms with Gasteiger partial charge in [-0.1, -0.05) is 127 Å². The highest BCUT2D eigenvalue weighted by Crippen LogP contribution is 2.46. The molecule has 11 aromatic rings. The zero-order valence-corrected chi connectivity index (χ0v) is 29.9. The van der Waals surface area contributed by atoms with Gasteiger partial charge in [0.15, 0.2) is 0 Å². The maximum atomic E-state index is 6.76. The molecule has 10 aromatic carbocycles. The van der Waals surface area contributed by atoms with Crippen LogP contribution in [-0.2, 0) is 0 Å². The molecule has 0 aliphatic carbocycles. The normalized spacial score (nSPS) is 11.6. The second-order valence-corrected chi connectivity index (χ2v) is 14.1. The van der Waals surface area contributed by atoms with Gasteiger partial charge < -0.3 is 14.2 Å². The van der Waals surface area contributed by atoms with E-state index in [1.54, 1.807) is 0 Å². The number of rotatable bonds is 6. The van der Waals surface area contributed by atoms with E-state index in [1.165, 1.54) is 37.7 Å². The molecular weight excluding hydrogens is 669 g/mol. The van der Waals surface area contributed by atoms with E-state index >= 15 is 0 Å². The molecule has 0 radical (unpaired) electrons. The predicted molar refractivity (Wildman–Crippen MR) is 233 cm³/mol. The number of nitrogens with zero attached hydrogens (tertiary/aromatic N) is 2. The number of benzene rings is 10. The number of hydrogen-bond acceptors (Lipinski definition) is 3. The Kier molecular flexibility index (Phi) is 7.17. The third-order valence-corrected chi connectivity index (χ3v) is 10.9. The van der Waals surface area contributed by atoms with Gasteiger partial charge in [-0.25, -0.2) is 0 Å². The fourth-order valence-electron chi connectivity index (χ4n) is 8.48. The van der Waals surface area contributed by atoms with Gasteiger partial charge in [0, 0.05) is 50.0 Å². The Morgan fingerprint density at radius 1 is 0.291 bits per heavy atom. The van der Waals surface area contributed by atoms with Crippen LogP contribution in [0.1, 0.15) is 0 Å². The molecule has 0 fully saturated rings. The van der Waals surface area contributed by atoms with Crippen LogP contribution in [0.2, 0.25) is 0 Å². The van der Waals surface area contributed by atoms with Crippen molar-refractivity contribution in [2.45, 2.75) is 0 Å². The summed E-state index contributed by atoms with van der Waals surface area (Å²) in [6.45, 7) is 0. The fourth-order valence-corrected chi connectivity index (χ4v) is 8.48. The monoisotopic (exact) mass is 702 g/mol. The van der Waals surface area contributed by atoms with Crippen molar-refractivity contribution in [2.24, 2.45) is 0 Å². The van der Waals surface area contributed by atoms with E-state index in [4.69, 9.17) is 4.42 Å². The van der Waals surface area contributed by atoms with Crippen molar-refractivity contribution in [2.75, 3.05) is 9.80 Å². The summed E-state index contributed by atoms with van der Waals surface area (Å²) in [5.74, 6) is 0. The molecule has 258 valence electrons. The van der Waals surface area contributed by atoms with Crippen molar-refractivity contribution < 1.29 is 4.42 Å². The Hall–Kier alpha value is -7.36. The van der Waals surface area contributed by atoms with E-state index in [2.05, 4.69) is 210 Å². The molecule has 11 rings (SSSR count). The van der Waals surface area contributed by atoms with Crippen LogP contribution in [0.15, 0.2) is 211 Å². The van der Waals surface area contributed by atoms with E-state index < -0.39 is 0 Å². The molecule has 0 unspecified atom stereocenters. The smallest absolute Gasteiger partial charge is 0.143 e. The van der Waals surface area contributed by atoms with Crippen molar-refractivity contribution in [3.05, 3.63) is 206 Å². The van der Waals surface area contributed by atoms with Gasteiger partial charge in [-0.3, -0.25) is 0 Å². The summed E-state index contributed by atoms with van der Waals surface area (Å²) in [5, 5.41) is 11.8. The first-order chi connectivity index (χ1) is 27.3. The molecule has 0 N–H and O–H groups in total. The lowest BCUT2D eigenvalue weighted by Crippen LogP contribution is -2.13. The Morgan fingerprint density at radius 3 is 1.60 bits per heavy atom. The molecule has 0 atom stereocenters. The third kappa shape index (κ3) is 5.13. The quantitative estimate of drug-likeness (QED) is 0.127. The first-order valence-electron chi connectivity index (χ1n) is 18.8. The maximum Gasteiger partial charge on any atom is 0.143 e. The standard InChI is InChI=1S/C52H34N2O/c1-3-18-38(19-4-1)53(39-20-5-2-6-21-39)40-22-14-23-41(33-40)54(49-27-13-17-37-31-35-15-7-8-16-36(35)32-47(37)49)42-29-30-44-43-24-9-10-25-45(43)51-46-26-11-12-28-50(46)55-52(51)48(44)34-42/h1-34H. The lowest BCUT2D eigenvalue weighted by Gasteiger charge is -2.30. The second-order valence-electron chi connectivity index (χ2n) is 14.1. The molecule has 1 aromatic heterocycles. The largest absolute Gasteiger partial charge is 0.455 e. The van der Waals surface area contributed by atoms with Gasteiger partial charge in [-0.05, 0) is 111 Å². The highest BCUT2D eigenvalue weighted by atomic mass is 16.3. The van der Waals surface area contributed by atoms with Crippen molar-refractivity contribution in [1.29, 1.82) is 0 Å². The summed E-state index contributed by atoms with van der Waals surface area (Å²) in [6, 6.07) is 73.9. The minimum atomic E-state index is 0.896. The van der Waals surface area contributed by atoms with Crippen molar-refractivity contribution in [3.63, 3.8) is 0 Å². The van der Waals surface area contributed by atoms with Gasteiger partial charge in [0.05, 0.1) is 5.69 Å². The lowest BCUT2D eigenvalue weighted by molar-refractivity contribution is 0.673. The average molecular weight is 703 g/mol. The Bertz CT molecular complexity index is 3180. The number of hydrogen-bond donors (Lipinski definition) is 0. The second kappa shape index (κ2) is 12.6. The van der Waals surface area contributed by atoms with Crippen LogP contribution in [0, 0.1) is 0 Å². The summed E-state index contributed by atoms with van der Waals surface area (Å²) in [6.07, 6.45) is 0. The molecular formula is C52H34N2O. The summed E-state index contributed by atoms with van der Waals surface area (Å²) < 4.78 is 6.76. The van der Waals surface area contributed by atoms with Gasteiger partial charge in [0.2, 0.25) is 0 Å². The third-order valence-electron chi connectivity index (χ3n) is 10.9. The van der Waals surface area contributed by atoms with Crippen molar-refractivity contribution >= 4 is 99.2 Å². The fraction of sp³-hybridized carbons (Fsp3) is 0. The number of para-hydroxylation sites is 3. The van der Waals surface area contributed by atoms with Crippen molar-refractivity contribution in [1.82, 2.24) is 0 Å². The molecule has 0 amide bonds. The van der Waals surface area contributed by atoms with E-state index in [0.717, 1.165) is 61.4 Å². The van der Waals surface area contributed by atoms with Gasteiger partial charge >= 0.3 is 0 Å². The van der Waals surface area contributed by atoms with E-state index in [9.17, 15) is 0 Å². The van der Waals surface area contributed by atoms with Crippen LogP contribution in [0.5, 0.6) is 0 Å². The molecule has 0 aliphatic heterocycles. The van der Waals surface area contributed by atoms with Crippen LogP contribution in [-0.4, -0.2) is 0 Å². The van der Waals surface area contributed by atoms with E-state index in [0.29, 0.717) is 0 Å². The van der Waals surface area contributed by atoms with Crippen LogP contribution in [0.3, 0.4) is 0 Å². The maximum absolute atomic E-state index is 6.76. The minimum absolute atomic E-state index is 0.896. The molecule has 0 spiro atoms. The molecule has 0 aliphatic rings. The lowest BCUT2D eigenvalue weighted by atomic mass is 9.96. The molecule has 0 saturated heterocycles. The molecule has 55 heavy (non-hydrogen) atoms. The van der Waals surface area contributed by atoms with E-state index in [1.807, 2.05) is 6.07 Å². The van der Waals surface area contributed by atoms with Gasteiger partial charge in [0.25, 0.3) is 0 Å². The van der Waals surface area contributed by atoms with Gasteiger partial charge in [0.1, 0.15) is 11.2 Å². The highest BCUT2D eigenvalue weighted by molar-refractivity contribution is 6.30. The first kappa shape index (κ1) is 31.2. The number of fused-ring (bicyclic) bond motifs is 10. The predicted octanol–water partition coefficient (Wildman–Crippen LogP) is 15.1. The SMILES string of the molecule is c1ccc(N(c2ccccc2)c2cccc(N(c3ccc4c5ccccc5c5c6ccccc6oc5c4c3)c3cccc4cc5ccccc5cc34)c2)cc1. The van der Waals surface area contributed by atoms with E-state index in [-0.39, 0.29) is 0 Å².